The number of anilines is 1. The molecule has 0 atom stereocenters. The van der Waals surface area contributed by atoms with Crippen molar-refractivity contribution in [3.05, 3.63) is 58.9 Å². The van der Waals surface area contributed by atoms with Gasteiger partial charge < -0.3 is 9.47 Å². The fourth-order valence-electron chi connectivity index (χ4n) is 2.28. The molecule has 0 saturated heterocycles. The summed E-state index contributed by atoms with van der Waals surface area (Å²) in [5.74, 6) is -7.13. The topological polar surface area (TPSA) is 98.8 Å². The minimum Gasteiger partial charge on any atom is -0.462 e. The molecule has 0 aliphatic rings. The zero-order valence-corrected chi connectivity index (χ0v) is 16.1. The Morgan fingerprint density at radius 1 is 0.897 bits per heavy atom. The van der Waals surface area contributed by atoms with Crippen molar-refractivity contribution in [2.45, 2.75) is 18.7 Å². The third-order valence-corrected chi connectivity index (χ3v) is 4.90. The predicted molar refractivity (Wildman–Crippen MR) is 95.5 cm³/mol. The van der Waals surface area contributed by atoms with Crippen LogP contribution in [0.25, 0.3) is 0 Å². The number of carbonyl (C=O) groups is 2. The monoisotopic (exact) mass is 431 g/mol. The van der Waals surface area contributed by atoms with Gasteiger partial charge in [-0.05, 0) is 44.2 Å². The summed E-state index contributed by atoms with van der Waals surface area (Å²) in [7, 11) is -4.73. The largest absolute Gasteiger partial charge is 0.462 e. The number of hydrogen-bond acceptors (Lipinski definition) is 6. The van der Waals surface area contributed by atoms with Crippen LogP contribution in [0.3, 0.4) is 0 Å². The Bertz CT molecular complexity index is 1020. The van der Waals surface area contributed by atoms with Crippen LogP contribution in [0.2, 0.25) is 0 Å². The van der Waals surface area contributed by atoms with Crippen molar-refractivity contribution in [2.75, 3.05) is 17.9 Å². The molecule has 0 spiro atoms. The van der Waals surface area contributed by atoms with Gasteiger partial charge in [0.2, 0.25) is 0 Å². The molecule has 156 valence electrons. The highest BCUT2D eigenvalue weighted by molar-refractivity contribution is 7.92. The Hall–Kier alpha value is -3.08. The molecule has 1 N–H and O–H groups in total. The quantitative estimate of drug-likeness (QED) is 0.534. The predicted octanol–water partition coefficient (Wildman–Crippen LogP) is 3.26. The van der Waals surface area contributed by atoms with E-state index in [1.165, 1.54) is 0 Å². The molecule has 0 unspecified atom stereocenters. The smallest absolute Gasteiger partial charge is 0.338 e. The van der Waals surface area contributed by atoms with E-state index in [1.54, 1.807) is 13.8 Å². The van der Waals surface area contributed by atoms with Crippen LogP contribution < -0.4 is 4.72 Å². The summed E-state index contributed by atoms with van der Waals surface area (Å²) in [6.07, 6.45) is 0. The average Bonchev–Trinajstić information content (AvgIpc) is 2.65. The van der Waals surface area contributed by atoms with Crippen LogP contribution >= 0.6 is 0 Å². The van der Waals surface area contributed by atoms with Gasteiger partial charge in [-0.3, -0.25) is 4.72 Å². The van der Waals surface area contributed by atoms with Crippen LogP contribution in [0, 0.1) is 17.5 Å². The van der Waals surface area contributed by atoms with Gasteiger partial charge in [0.1, 0.15) is 4.90 Å². The first kappa shape index (κ1) is 22.2. The molecular weight excluding hydrogens is 415 g/mol. The van der Waals surface area contributed by atoms with Crippen molar-refractivity contribution in [3.63, 3.8) is 0 Å². The van der Waals surface area contributed by atoms with Crippen molar-refractivity contribution >= 4 is 27.6 Å². The zero-order chi connectivity index (χ0) is 21.8. The molecule has 2 aromatic rings. The van der Waals surface area contributed by atoms with Crippen molar-refractivity contribution in [1.29, 1.82) is 0 Å². The molecule has 0 aromatic heterocycles. The van der Waals surface area contributed by atoms with E-state index in [4.69, 9.17) is 9.47 Å². The van der Waals surface area contributed by atoms with E-state index in [1.807, 2.05) is 4.72 Å². The van der Waals surface area contributed by atoms with E-state index >= 15 is 0 Å². The molecule has 0 radical (unpaired) electrons. The first-order chi connectivity index (χ1) is 13.6. The van der Waals surface area contributed by atoms with Gasteiger partial charge >= 0.3 is 11.9 Å². The number of hydrogen-bond donors (Lipinski definition) is 1. The Morgan fingerprint density at radius 3 is 1.90 bits per heavy atom. The number of esters is 2. The lowest BCUT2D eigenvalue weighted by atomic mass is 10.1. The lowest BCUT2D eigenvalue weighted by Crippen LogP contribution is -2.17. The summed E-state index contributed by atoms with van der Waals surface area (Å²) < 4.78 is 76.8. The van der Waals surface area contributed by atoms with E-state index in [9.17, 15) is 31.2 Å². The molecule has 0 aliphatic carbocycles. The van der Waals surface area contributed by atoms with Crippen LogP contribution in [-0.2, 0) is 19.5 Å². The highest BCUT2D eigenvalue weighted by Gasteiger charge is 2.25. The third kappa shape index (κ3) is 5.05. The summed E-state index contributed by atoms with van der Waals surface area (Å²) >= 11 is 0. The minimum absolute atomic E-state index is 0.0175. The summed E-state index contributed by atoms with van der Waals surface area (Å²) in [4.78, 5) is 22.8. The number of halogens is 3. The number of rotatable bonds is 7. The maximum absolute atomic E-state index is 13.9. The van der Waals surface area contributed by atoms with Gasteiger partial charge in [-0.2, -0.15) is 0 Å². The van der Waals surface area contributed by atoms with E-state index in [2.05, 4.69) is 0 Å². The van der Waals surface area contributed by atoms with E-state index < -0.39 is 44.3 Å². The van der Waals surface area contributed by atoms with E-state index in [-0.39, 0.29) is 30.0 Å². The fourth-order valence-corrected chi connectivity index (χ4v) is 3.39. The summed E-state index contributed by atoms with van der Waals surface area (Å²) in [5.41, 5.74) is -0.676. The van der Waals surface area contributed by atoms with Gasteiger partial charge in [0.15, 0.2) is 17.5 Å². The number of ether oxygens (including phenoxy) is 2. The van der Waals surface area contributed by atoms with Gasteiger partial charge in [0.05, 0.1) is 30.0 Å². The number of sulfonamides is 1. The molecule has 2 rings (SSSR count). The number of carbonyl (C=O) groups excluding carboxylic acids is 2. The molecule has 2 aromatic carbocycles. The lowest BCUT2D eigenvalue weighted by Gasteiger charge is -2.12. The standard InChI is InChI=1S/C18H16F3NO6S/c1-3-27-17(23)10-7-11(18(24)28-4-2)9-12(8-10)22-29(25,26)14-6-5-13(19)15(20)16(14)21/h5-9,22H,3-4H2,1-2H3. The fraction of sp³-hybridized carbons (Fsp3) is 0.222. The second-order valence-corrected chi connectivity index (χ2v) is 7.17. The van der Waals surface area contributed by atoms with Gasteiger partial charge in [0.25, 0.3) is 10.0 Å². The average molecular weight is 431 g/mol. The van der Waals surface area contributed by atoms with Crippen LogP contribution in [0.15, 0.2) is 35.2 Å². The van der Waals surface area contributed by atoms with Crippen molar-refractivity contribution in [1.82, 2.24) is 0 Å². The Morgan fingerprint density at radius 2 is 1.41 bits per heavy atom. The van der Waals surface area contributed by atoms with Crippen molar-refractivity contribution < 1.29 is 40.7 Å². The van der Waals surface area contributed by atoms with Gasteiger partial charge in [-0.1, -0.05) is 0 Å². The molecule has 0 saturated carbocycles. The highest BCUT2D eigenvalue weighted by Crippen LogP contribution is 2.24. The van der Waals surface area contributed by atoms with Crippen molar-refractivity contribution in [3.8, 4) is 0 Å². The van der Waals surface area contributed by atoms with E-state index in [0.29, 0.717) is 12.1 Å². The third-order valence-electron chi connectivity index (χ3n) is 3.50. The molecule has 11 heteroatoms. The Kier molecular flexibility index (Phi) is 6.85. The molecule has 0 amide bonds. The first-order valence-corrected chi connectivity index (χ1v) is 9.74. The van der Waals surface area contributed by atoms with Gasteiger partial charge in [0, 0.05) is 0 Å². The maximum Gasteiger partial charge on any atom is 0.338 e. The Labute approximate surface area is 164 Å². The molecule has 0 heterocycles. The van der Waals surface area contributed by atoms with Crippen LogP contribution in [0.5, 0.6) is 0 Å². The summed E-state index contributed by atoms with van der Waals surface area (Å²) in [6.45, 7) is 3.12. The molecule has 0 bridgehead atoms. The SMILES string of the molecule is CCOC(=O)c1cc(NS(=O)(=O)c2ccc(F)c(F)c2F)cc(C(=O)OCC)c1. The lowest BCUT2D eigenvalue weighted by molar-refractivity contribution is 0.0525. The molecule has 29 heavy (non-hydrogen) atoms. The molecule has 0 aliphatic heterocycles. The minimum atomic E-state index is -4.73. The zero-order valence-electron chi connectivity index (χ0n) is 15.3. The van der Waals surface area contributed by atoms with E-state index in [0.717, 1.165) is 18.2 Å². The summed E-state index contributed by atoms with van der Waals surface area (Å²) in [5, 5.41) is 0. The molecular formula is C18H16F3NO6S. The first-order valence-electron chi connectivity index (χ1n) is 8.26. The maximum atomic E-state index is 13.9. The molecule has 7 nitrogen and oxygen atoms in total. The summed E-state index contributed by atoms with van der Waals surface area (Å²) in [6, 6.07) is 4.20. The number of nitrogens with one attached hydrogen (secondary N) is 1. The van der Waals surface area contributed by atoms with Gasteiger partial charge in [-0.25, -0.2) is 31.2 Å². The second kappa shape index (κ2) is 8.95. The second-order valence-electron chi connectivity index (χ2n) is 5.52. The van der Waals surface area contributed by atoms with Crippen LogP contribution in [-0.4, -0.2) is 33.6 Å². The highest BCUT2D eigenvalue weighted by atomic mass is 32.2. The van der Waals surface area contributed by atoms with Crippen LogP contribution in [0.1, 0.15) is 34.6 Å². The molecule has 0 fully saturated rings. The Balaban J connectivity index is 2.51. The van der Waals surface area contributed by atoms with Crippen molar-refractivity contribution in [2.24, 2.45) is 0 Å². The normalized spacial score (nSPS) is 11.1. The van der Waals surface area contributed by atoms with Gasteiger partial charge in [-0.15, -0.1) is 0 Å². The van der Waals surface area contributed by atoms with Crippen LogP contribution in [0.4, 0.5) is 18.9 Å². The number of benzene rings is 2.